The van der Waals surface area contributed by atoms with Crippen LogP contribution in [0.3, 0.4) is 0 Å². The fourth-order valence-corrected chi connectivity index (χ4v) is 3.55. The van der Waals surface area contributed by atoms with Gasteiger partial charge in [0.25, 0.3) is 0 Å². The van der Waals surface area contributed by atoms with Crippen molar-refractivity contribution in [2.75, 3.05) is 10.6 Å². The maximum Gasteiger partial charge on any atom is 0.0506 e. The van der Waals surface area contributed by atoms with E-state index in [1.807, 2.05) is 0 Å². The van der Waals surface area contributed by atoms with Crippen LogP contribution in [0.15, 0.2) is 18.2 Å². The molecule has 0 aliphatic carbocycles. The molecule has 1 aliphatic heterocycles. The minimum absolute atomic E-state index is 0.0287. The van der Waals surface area contributed by atoms with E-state index in [4.69, 9.17) is 0 Å². The smallest absolute Gasteiger partial charge is 0.0506 e. The van der Waals surface area contributed by atoms with Crippen LogP contribution in [0.4, 0.5) is 11.4 Å². The van der Waals surface area contributed by atoms with Gasteiger partial charge in [-0.3, -0.25) is 0 Å². The summed E-state index contributed by atoms with van der Waals surface area (Å²) in [6.45, 7) is 15.8. The highest BCUT2D eigenvalue weighted by atomic mass is 15.0. The molecule has 0 amide bonds. The van der Waals surface area contributed by atoms with Gasteiger partial charge >= 0.3 is 0 Å². The van der Waals surface area contributed by atoms with E-state index >= 15 is 0 Å². The molecule has 1 aromatic rings. The fraction of sp³-hybridized carbons (Fsp3) is 0.600. The molecular weight excluding hydrogens is 268 g/mol. The van der Waals surface area contributed by atoms with Gasteiger partial charge < -0.3 is 10.6 Å². The van der Waals surface area contributed by atoms with Crippen molar-refractivity contribution in [3.05, 3.63) is 29.3 Å². The fourth-order valence-electron chi connectivity index (χ4n) is 3.55. The molecule has 0 saturated heterocycles. The van der Waals surface area contributed by atoms with E-state index in [0.717, 1.165) is 12.3 Å². The van der Waals surface area contributed by atoms with Crippen molar-refractivity contribution in [1.82, 2.24) is 0 Å². The number of aryl methyl sites for hydroxylation is 1. The van der Waals surface area contributed by atoms with Gasteiger partial charge in [-0.1, -0.05) is 26.8 Å². The Morgan fingerprint density at radius 1 is 1.18 bits per heavy atom. The van der Waals surface area contributed by atoms with Crippen molar-refractivity contribution in [3.63, 3.8) is 0 Å². The molecule has 1 unspecified atom stereocenters. The van der Waals surface area contributed by atoms with Crippen LogP contribution >= 0.6 is 0 Å². The summed E-state index contributed by atoms with van der Waals surface area (Å²) in [7, 11) is 0. The average molecular weight is 300 g/mol. The number of anilines is 2. The molecule has 0 aromatic heterocycles. The normalized spacial score (nSPS) is 17.5. The van der Waals surface area contributed by atoms with Gasteiger partial charge in [-0.05, 0) is 69.7 Å². The lowest BCUT2D eigenvalue weighted by Gasteiger charge is -2.33. The Hall–Kier alpha value is -1.44. The van der Waals surface area contributed by atoms with Gasteiger partial charge in [0, 0.05) is 23.0 Å². The van der Waals surface area contributed by atoms with E-state index in [1.165, 1.54) is 34.5 Å². The molecule has 1 aromatic carbocycles. The maximum atomic E-state index is 3.69. The van der Waals surface area contributed by atoms with Crippen LogP contribution in [0.2, 0.25) is 0 Å². The topological polar surface area (TPSA) is 24.1 Å². The Kier molecular flexibility index (Phi) is 4.89. The zero-order chi connectivity index (χ0) is 16.5. The predicted octanol–water partition coefficient (Wildman–Crippen LogP) is 5.70. The Bertz CT molecular complexity index is 567. The van der Waals surface area contributed by atoms with Gasteiger partial charge in [-0.25, -0.2) is 0 Å². The number of hydrogen-bond acceptors (Lipinski definition) is 2. The summed E-state index contributed by atoms with van der Waals surface area (Å²) in [5.74, 6) is 0.717. The predicted molar refractivity (Wildman–Crippen MR) is 99.7 cm³/mol. The number of nitrogens with one attached hydrogen (secondary N) is 2. The van der Waals surface area contributed by atoms with E-state index in [-0.39, 0.29) is 5.54 Å². The van der Waals surface area contributed by atoms with Gasteiger partial charge in [0.2, 0.25) is 0 Å². The second-order valence-corrected chi connectivity index (χ2v) is 7.76. The van der Waals surface area contributed by atoms with Crippen LogP contribution in [-0.2, 0) is 6.42 Å². The lowest BCUT2D eigenvalue weighted by molar-refractivity contribution is 0.540. The third-order valence-electron chi connectivity index (χ3n) is 4.29. The van der Waals surface area contributed by atoms with Crippen molar-refractivity contribution in [2.24, 2.45) is 5.92 Å². The number of fused-ring (bicyclic) bond motifs is 1. The first-order valence-corrected chi connectivity index (χ1v) is 8.63. The number of benzene rings is 1. The molecular formula is C20H32N2. The van der Waals surface area contributed by atoms with Gasteiger partial charge in [0.05, 0.1) is 5.54 Å². The second-order valence-electron chi connectivity index (χ2n) is 7.76. The first-order valence-electron chi connectivity index (χ1n) is 8.63. The third-order valence-corrected chi connectivity index (χ3v) is 4.29. The van der Waals surface area contributed by atoms with Crippen molar-refractivity contribution in [1.29, 1.82) is 0 Å². The summed E-state index contributed by atoms with van der Waals surface area (Å²) in [5.41, 5.74) is 6.71. The minimum atomic E-state index is 0.0287. The van der Waals surface area contributed by atoms with E-state index in [2.05, 4.69) is 77.3 Å². The molecule has 0 saturated carbocycles. The lowest BCUT2D eigenvalue weighted by Crippen LogP contribution is -2.32. The van der Waals surface area contributed by atoms with Gasteiger partial charge in [-0.15, -0.1) is 0 Å². The molecule has 0 bridgehead atoms. The van der Waals surface area contributed by atoms with Crippen LogP contribution in [0.25, 0.3) is 5.57 Å². The largest absolute Gasteiger partial charge is 0.383 e. The quantitative estimate of drug-likeness (QED) is 0.728. The molecule has 122 valence electrons. The van der Waals surface area contributed by atoms with Crippen molar-refractivity contribution in [2.45, 2.75) is 72.9 Å². The van der Waals surface area contributed by atoms with Crippen LogP contribution in [-0.4, -0.2) is 11.6 Å². The van der Waals surface area contributed by atoms with Crippen molar-refractivity contribution >= 4 is 16.9 Å². The summed E-state index contributed by atoms with van der Waals surface area (Å²) < 4.78 is 0. The second kappa shape index (κ2) is 6.36. The van der Waals surface area contributed by atoms with E-state index in [0.29, 0.717) is 6.04 Å². The highest BCUT2D eigenvalue weighted by Gasteiger charge is 2.24. The molecule has 1 atom stereocenters. The monoisotopic (exact) mass is 300 g/mol. The molecule has 2 N–H and O–H groups in total. The Labute approximate surface area is 136 Å². The molecule has 1 heterocycles. The molecule has 2 rings (SSSR count). The van der Waals surface area contributed by atoms with Crippen molar-refractivity contribution < 1.29 is 0 Å². The van der Waals surface area contributed by atoms with Crippen LogP contribution in [0.1, 0.15) is 66.0 Å². The summed E-state index contributed by atoms with van der Waals surface area (Å²) in [4.78, 5) is 0. The number of allylic oxidation sites excluding steroid dienone is 1. The third kappa shape index (κ3) is 3.85. The Morgan fingerprint density at radius 2 is 1.86 bits per heavy atom. The average Bonchev–Trinajstić information content (AvgIpc) is 2.36. The van der Waals surface area contributed by atoms with E-state index in [9.17, 15) is 0 Å². The summed E-state index contributed by atoms with van der Waals surface area (Å²) in [6.07, 6.45) is 4.57. The Balaban J connectivity index is 2.35. The van der Waals surface area contributed by atoms with Crippen molar-refractivity contribution in [3.8, 4) is 0 Å². The molecule has 2 heteroatoms. The van der Waals surface area contributed by atoms with Gasteiger partial charge in [0.1, 0.15) is 0 Å². The standard InChI is InChI=1S/C20H32N2/c1-8-16-10-17(21-15(5)9-13(2)3)11-18-14(4)12-20(6,7)22-19(16)18/h10-13,15,21-22H,8-9H2,1-7H3. The highest BCUT2D eigenvalue weighted by molar-refractivity contribution is 5.84. The summed E-state index contributed by atoms with van der Waals surface area (Å²) in [5, 5.41) is 7.38. The lowest BCUT2D eigenvalue weighted by atomic mass is 9.88. The molecule has 22 heavy (non-hydrogen) atoms. The van der Waals surface area contributed by atoms with Crippen LogP contribution in [0, 0.1) is 5.92 Å². The van der Waals surface area contributed by atoms with Crippen LogP contribution in [0.5, 0.6) is 0 Å². The highest BCUT2D eigenvalue weighted by Crippen LogP contribution is 2.38. The Morgan fingerprint density at radius 3 is 2.45 bits per heavy atom. The van der Waals surface area contributed by atoms with Gasteiger partial charge in [-0.2, -0.15) is 0 Å². The first-order chi connectivity index (χ1) is 10.2. The zero-order valence-electron chi connectivity index (χ0n) is 15.3. The zero-order valence-corrected chi connectivity index (χ0v) is 15.3. The summed E-state index contributed by atoms with van der Waals surface area (Å²) in [6, 6.07) is 5.12. The summed E-state index contributed by atoms with van der Waals surface area (Å²) >= 11 is 0. The molecule has 0 radical (unpaired) electrons. The van der Waals surface area contributed by atoms with E-state index in [1.54, 1.807) is 0 Å². The van der Waals surface area contributed by atoms with Crippen LogP contribution < -0.4 is 10.6 Å². The molecule has 0 fully saturated rings. The molecule has 0 spiro atoms. The van der Waals surface area contributed by atoms with E-state index < -0.39 is 0 Å². The number of rotatable bonds is 5. The molecule has 2 nitrogen and oxygen atoms in total. The maximum absolute atomic E-state index is 3.69. The number of hydrogen-bond donors (Lipinski definition) is 2. The van der Waals surface area contributed by atoms with Gasteiger partial charge in [0.15, 0.2) is 0 Å². The SMILES string of the molecule is CCc1cc(NC(C)CC(C)C)cc2c1NC(C)(C)C=C2C. The molecule has 1 aliphatic rings. The minimum Gasteiger partial charge on any atom is -0.383 e. The first kappa shape index (κ1) is 16.9.